The number of benzene rings is 1. The molecule has 22 heavy (non-hydrogen) atoms. The molecular formula is C16H17N3O3. The van der Waals surface area contributed by atoms with Crippen LogP contribution in [0.25, 0.3) is 5.69 Å². The normalized spacial score (nSPS) is 21.0. The number of amides is 2. The molecule has 1 aliphatic rings. The highest BCUT2D eigenvalue weighted by Crippen LogP contribution is 2.23. The van der Waals surface area contributed by atoms with Gasteiger partial charge in [-0.05, 0) is 36.4 Å². The van der Waals surface area contributed by atoms with Crippen molar-refractivity contribution >= 4 is 11.8 Å². The molecule has 6 nitrogen and oxygen atoms in total. The average Bonchev–Trinajstić information content (AvgIpc) is 3.17. The van der Waals surface area contributed by atoms with E-state index in [9.17, 15) is 14.7 Å². The van der Waals surface area contributed by atoms with Gasteiger partial charge in [0.05, 0.1) is 6.54 Å². The number of nitrogens with two attached hydrogens (primary N) is 1. The lowest BCUT2D eigenvalue weighted by atomic mass is 10.0. The molecule has 0 saturated carbocycles. The summed E-state index contributed by atoms with van der Waals surface area (Å²) in [5.74, 6) is -0.998. The summed E-state index contributed by atoms with van der Waals surface area (Å²) < 4.78 is 1.94. The topological polar surface area (TPSA) is 88.6 Å². The summed E-state index contributed by atoms with van der Waals surface area (Å²) in [5, 5.41) is 10.0. The molecule has 1 unspecified atom stereocenters. The van der Waals surface area contributed by atoms with Gasteiger partial charge < -0.3 is 20.3 Å². The molecule has 3 N–H and O–H groups in total. The number of hydrogen-bond donors (Lipinski definition) is 2. The fourth-order valence-electron chi connectivity index (χ4n) is 2.63. The van der Waals surface area contributed by atoms with Crippen molar-refractivity contribution < 1.29 is 14.7 Å². The zero-order chi connectivity index (χ0) is 15.7. The van der Waals surface area contributed by atoms with E-state index >= 15 is 0 Å². The molecule has 0 bridgehead atoms. The Morgan fingerprint density at radius 2 is 1.77 bits per heavy atom. The van der Waals surface area contributed by atoms with Gasteiger partial charge in [-0.15, -0.1) is 0 Å². The van der Waals surface area contributed by atoms with E-state index in [2.05, 4.69) is 0 Å². The van der Waals surface area contributed by atoms with E-state index in [4.69, 9.17) is 5.73 Å². The predicted octanol–water partition coefficient (Wildman–Crippen LogP) is 0.540. The number of aromatic nitrogens is 1. The molecule has 1 fully saturated rings. The Kier molecular flexibility index (Phi) is 3.46. The SMILES string of the molecule is NC(=O)C1(O)CCN(C(=O)c2ccc(-n3cccc3)cc2)C1. The van der Waals surface area contributed by atoms with Crippen molar-refractivity contribution in [1.82, 2.24) is 9.47 Å². The zero-order valence-electron chi connectivity index (χ0n) is 12.0. The number of nitrogens with zero attached hydrogens (tertiary/aromatic N) is 2. The third kappa shape index (κ3) is 2.48. The van der Waals surface area contributed by atoms with E-state index < -0.39 is 11.5 Å². The second-order valence-corrected chi connectivity index (χ2v) is 5.51. The number of aliphatic hydroxyl groups is 1. The molecule has 1 aromatic heterocycles. The Morgan fingerprint density at radius 1 is 1.14 bits per heavy atom. The monoisotopic (exact) mass is 299 g/mol. The highest BCUT2D eigenvalue weighted by atomic mass is 16.3. The largest absolute Gasteiger partial charge is 0.378 e. The summed E-state index contributed by atoms with van der Waals surface area (Å²) in [5.41, 5.74) is 5.04. The van der Waals surface area contributed by atoms with Crippen molar-refractivity contribution in [3.05, 3.63) is 54.4 Å². The first-order valence-corrected chi connectivity index (χ1v) is 7.05. The number of likely N-dealkylation sites (tertiary alicyclic amines) is 1. The van der Waals surface area contributed by atoms with Gasteiger partial charge in [-0.3, -0.25) is 9.59 Å². The van der Waals surface area contributed by atoms with Crippen molar-refractivity contribution in [3.8, 4) is 5.69 Å². The predicted molar refractivity (Wildman–Crippen MR) is 80.4 cm³/mol. The van der Waals surface area contributed by atoms with Gasteiger partial charge in [0.25, 0.3) is 11.8 Å². The molecule has 2 heterocycles. The third-order valence-electron chi connectivity index (χ3n) is 4.01. The fraction of sp³-hybridized carbons (Fsp3) is 0.250. The molecule has 2 aromatic rings. The van der Waals surface area contributed by atoms with E-state index in [0.29, 0.717) is 12.1 Å². The van der Waals surface area contributed by atoms with Gasteiger partial charge in [-0.25, -0.2) is 0 Å². The molecule has 6 heteroatoms. The van der Waals surface area contributed by atoms with E-state index in [0.717, 1.165) is 5.69 Å². The van der Waals surface area contributed by atoms with Gasteiger partial charge in [0.2, 0.25) is 0 Å². The van der Waals surface area contributed by atoms with E-state index in [1.165, 1.54) is 4.90 Å². The third-order valence-corrected chi connectivity index (χ3v) is 4.01. The van der Waals surface area contributed by atoms with Crippen LogP contribution >= 0.6 is 0 Å². The molecule has 0 aliphatic carbocycles. The summed E-state index contributed by atoms with van der Waals surface area (Å²) >= 11 is 0. The maximum absolute atomic E-state index is 12.4. The van der Waals surface area contributed by atoms with Gasteiger partial charge >= 0.3 is 0 Å². The Bertz CT molecular complexity index is 694. The Balaban J connectivity index is 1.75. The molecule has 0 spiro atoms. The van der Waals surface area contributed by atoms with E-state index in [1.54, 1.807) is 12.1 Å². The minimum atomic E-state index is -1.61. The van der Waals surface area contributed by atoms with Crippen LogP contribution < -0.4 is 5.73 Å². The lowest BCUT2D eigenvalue weighted by molar-refractivity contribution is -0.134. The van der Waals surface area contributed by atoms with Crippen LogP contribution in [0.5, 0.6) is 0 Å². The molecule has 0 radical (unpaired) electrons. The quantitative estimate of drug-likeness (QED) is 0.867. The van der Waals surface area contributed by atoms with Crippen molar-refractivity contribution in [2.45, 2.75) is 12.0 Å². The zero-order valence-corrected chi connectivity index (χ0v) is 12.0. The van der Waals surface area contributed by atoms with E-state index in [-0.39, 0.29) is 18.9 Å². The highest BCUT2D eigenvalue weighted by Gasteiger charge is 2.43. The summed E-state index contributed by atoms with van der Waals surface area (Å²) in [6, 6.07) is 11.0. The van der Waals surface area contributed by atoms with Crippen LogP contribution in [-0.2, 0) is 4.79 Å². The molecule has 114 valence electrons. The Morgan fingerprint density at radius 3 is 2.32 bits per heavy atom. The number of carbonyl (C=O) groups is 2. The summed E-state index contributed by atoms with van der Waals surface area (Å²) in [4.78, 5) is 25.1. The summed E-state index contributed by atoms with van der Waals surface area (Å²) in [6.07, 6.45) is 4.02. The standard InChI is InChI=1S/C16H17N3O3/c17-15(21)16(22)7-10-19(11-16)14(20)12-3-5-13(6-4-12)18-8-1-2-9-18/h1-6,8-9,22H,7,10-11H2,(H2,17,21). The number of rotatable bonds is 3. The number of primary amides is 1. The van der Waals surface area contributed by atoms with Crippen molar-refractivity contribution in [3.63, 3.8) is 0 Å². The van der Waals surface area contributed by atoms with Crippen LogP contribution in [0.15, 0.2) is 48.8 Å². The second-order valence-electron chi connectivity index (χ2n) is 5.51. The maximum atomic E-state index is 12.4. The first-order chi connectivity index (χ1) is 10.5. The Hall–Kier alpha value is -2.60. The molecular weight excluding hydrogens is 282 g/mol. The first-order valence-electron chi connectivity index (χ1n) is 7.05. The van der Waals surface area contributed by atoms with Crippen LogP contribution in [0.4, 0.5) is 0 Å². The van der Waals surface area contributed by atoms with Crippen LogP contribution in [0.1, 0.15) is 16.8 Å². The average molecular weight is 299 g/mol. The molecule has 1 aromatic carbocycles. The maximum Gasteiger partial charge on any atom is 0.253 e. The van der Waals surface area contributed by atoms with Crippen molar-refractivity contribution in [1.29, 1.82) is 0 Å². The van der Waals surface area contributed by atoms with Gasteiger partial charge in [-0.1, -0.05) is 0 Å². The van der Waals surface area contributed by atoms with Gasteiger partial charge in [0.1, 0.15) is 0 Å². The highest BCUT2D eigenvalue weighted by molar-refractivity contribution is 5.95. The number of carbonyl (C=O) groups excluding carboxylic acids is 2. The van der Waals surface area contributed by atoms with Gasteiger partial charge in [0.15, 0.2) is 5.60 Å². The summed E-state index contributed by atoms with van der Waals surface area (Å²) in [6.45, 7) is 0.262. The Labute approximate surface area is 127 Å². The fourth-order valence-corrected chi connectivity index (χ4v) is 2.63. The summed E-state index contributed by atoms with van der Waals surface area (Å²) in [7, 11) is 0. The van der Waals surface area contributed by atoms with Crippen LogP contribution in [0, 0.1) is 0 Å². The molecule has 1 saturated heterocycles. The van der Waals surface area contributed by atoms with Crippen LogP contribution in [-0.4, -0.2) is 45.1 Å². The van der Waals surface area contributed by atoms with Gasteiger partial charge in [0, 0.05) is 36.6 Å². The second kappa shape index (κ2) is 5.31. The van der Waals surface area contributed by atoms with Gasteiger partial charge in [-0.2, -0.15) is 0 Å². The van der Waals surface area contributed by atoms with Crippen LogP contribution in [0.2, 0.25) is 0 Å². The van der Waals surface area contributed by atoms with E-state index in [1.807, 2.05) is 41.2 Å². The van der Waals surface area contributed by atoms with Crippen LogP contribution in [0.3, 0.4) is 0 Å². The van der Waals surface area contributed by atoms with Crippen molar-refractivity contribution in [2.75, 3.05) is 13.1 Å². The number of β-amino-alcohol motifs (C(OH)–C–C–N with tert-alkyl or cyclic N) is 1. The first kappa shape index (κ1) is 14.3. The lowest BCUT2D eigenvalue weighted by Crippen LogP contribution is -2.46. The molecule has 2 amide bonds. The molecule has 3 rings (SSSR count). The minimum Gasteiger partial charge on any atom is -0.378 e. The smallest absolute Gasteiger partial charge is 0.253 e. The molecule has 1 aliphatic heterocycles. The number of hydrogen-bond acceptors (Lipinski definition) is 3. The minimum absolute atomic E-state index is 0.0550. The lowest BCUT2D eigenvalue weighted by Gasteiger charge is -2.20. The molecule has 1 atom stereocenters. The van der Waals surface area contributed by atoms with Crippen molar-refractivity contribution in [2.24, 2.45) is 5.73 Å².